The number of pyridine rings is 1. The van der Waals surface area contributed by atoms with Crippen molar-refractivity contribution in [3.8, 4) is 5.75 Å². The highest BCUT2D eigenvalue weighted by atomic mass is 35.5. The fourth-order valence-corrected chi connectivity index (χ4v) is 3.46. The molecule has 0 unspecified atom stereocenters. The average Bonchev–Trinajstić information content (AvgIpc) is 2.30. The molecule has 5 nitrogen and oxygen atoms in total. The minimum absolute atomic E-state index is 0.192. The topological polar surface area (TPSA) is 79.3 Å². The second kappa shape index (κ2) is 6.27. The molecule has 0 aliphatic carbocycles. The highest BCUT2D eigenvalue weighted by Gasteiger charge is 2.16. The summed E-state index contributed by atoms with van der Waals surface area (Å²) < 4.78 is 26.3. The lowest BCUT2D eigenvalue weighted by molar-refractivity contribution is 0.475. The van der Waals surface area contributed by atoms with Gasteiger partial charge in [-0.25, -0.2) is 13.4 Å². The lowest BCUT2D eigenvalue weighted by atomic mass is 10.2. The Labute approximate surface area is 136 Å². The highest BCUT2D eigenvalue weighted by molar-refractivity contribution is 7.91. The van der Waals surface area contributed by atoms with Crippen molar-refractivity contribution in [1.29, 1.82) is 0 Å². The highest BCUT2D eigenvalue weighted by Crippen LogP contribution is 2.26. The van der Waals surface area contributed by atoms with E-state index in [1.54, 1.807) is 0 Å². The number of benzene rings is 1. The van der Waals surface area contributed by atoms with Crippen LogP contribution >= 0.6 is 34.8 Å². The number of aromatic nitrogens is 1. The van der Waals surface area contributed by atoms with Gasteiger partial charge < -0.3 is 5.11 Å². The molecule has 2 N–H and O–H groups in total. The maximum Gasteiger partial charge on any atom is 0.238 e. The summed E-state index contributed by atoms with van der Waals surface area (Å²) in [4.78, 5) is 3.72. The van der Waals surface area contributed by atoms with Crippen LogP contribution in [0.2, 0.25) is 15.1 Å². The van der Waals surface area contributed by atoms with Crippen molar-refractivity contribution < 1.29 is 13.5 Å². The Hall–Kier alpha value is -1.21. The van der Waals surface area contributed by atoms with Gasteiger partial charge in [-0.15, -0.1) is 0 Å². The zero-order valence-corrected chi connectivity index (χ0v) is 13.4. The van der Waals surface area contributed by atoms with E-state index >= 15 is 0 Å². The molecule has 0 aliphatic rings. The molecule has 1 aromatic carbocycles. The first-order valence-electron chi connectivity index (χ1n) is 5.55. The third-order valence-corrected chi connectivity index (χ3v) is 4.23. The summed E-state index contributed by atoms with van der Waals surface area (Å²) in [6.45, 7) is 0. The Morgan fingerprint density at radius 1 is 1.05 bits per heavy atom. The van der Waals surface area contributed by atoms with Crippen LogP contribution in [0.3, 0.4) is 0 Å². The molecule has 0 bridgehead atoms. The molecule has 0 amide bonds. The molecule has 0 radical (unpaired) electrons. The zero-order valence-electron chi connectivity index (χ0n) is 10.3. The van der Waals surface area contributed by atoms with Crippen LogP contribution in [0.1, 0.15) is 5.56 Å². The Morgan fingerprint density at radius 3 is 2.24 bits per heavy atom. The SMILES string of the molecule is O=S(=O)(Cc1cc(Cl)cc(Cl)c1)Nc1ncc(Cl)cc1O. The van der Waals surface area contributed by atoms with Crippen LogP contribution < -0.4 is 4.72 Å². The Morgan fingerprint density at radius 2 is 1.67 bits per heavy atom. The monoisotopic (exact) mass is 366 g/mol. The molecule has 0 fully saturated rings. The van der Waals surface area contributed by atoms with Crippen molar-refractivity contribution in [2.75, 3.05) is 4.72 Å². The summed E-state index contributed by atoms with van der Waals surface area (Å²) in [6.07, 6.45) is 1.22. The first-order valence-corrected chi connectivity index (χ1v) is 8.34. The standard InChI is InChI=1S/C12H9Cl3N2O3S/c13-8-1-7(2-9(14)3-8)6-21(19,20)17-12-11(18)4-10(15)5-16-12/h1-5,18H,6H2,(H,16,17). The van der Waals surface area contributed by atoms with Gasteiger partial charge in [-0.3, -0.25) is 4.72 Å². The molecule has 112 valence electrons. The molecule has 21 heavy (non-hydrogen) atoms. The number of hydrogen-bond acceptors (Lipinski definition) is 4. The maximum atomic E-state index is 12.0. The minimum atomic E-state index is -3.79. The third-order valence-electron chi connectivity index (χ3n) is 2.37. The van der Waals surface area contributed by atoms with Crippen molar-refractivity contribution in [3.63, 3.8) is 0 Å². The predicted octanol–water partition coefficient (Wildman–Crippen LogP) is 3.69. The molecule has 1 heterocycles. The third kappa shape index (κ3) is 4.64. The van der Waals surface area contributed by atoms with Crippen LogP contribution in [0, 0.1) is 0 Å². The van der Waals surface area contributed by atoms with Gasteiger partial charge in [0, 0.05) is 22.3 Å². The first kappa shape index (κ1) is 16.2. The zero-order chi connectivity index (χ0) is 15.6. The molecule has 0 saturated carbocycles. The van der Waals surface area contributed by atoms with E-state index in [9.17, 15) is 13.5 Å². The van der Waals surface area contributed by atoms with E-state index in [2.05, 4.69) is 9.71 Å². The van der Waals surface area contributed by atoms with Crippen LogP contribution in [0.25, 0.3) is 0 Å². The predicted molar refractivity (Wildman–Crippen MR) is 83.6 cm³/mol. The normalized spacial score (nSPS) is 11.4. The number of rotatable bonds is 4. The van der Waals surface area contributed by atoms with E-state index in [0.29, 0.717) is 15.6 Å². The summed E-state index contributed by atoms with van der Waals surface area (Å²) in [5, 5.41) is 10.5. The van der Waals surface area contributed by atoms with Crippen molar-refractivity contribution in [1.82, 2.24) is 4.98 Å². The molecular weight excluding hydrogens is 359 g/mol. The summed E-state index contributed by atoms with van der Waals surface area (Å²) in [6, 6.07) is 5.66. The van der Waals surface area contributed by atoms with Gasteiger partial charge in [0.05, 0.1) is 10.8 Å². The second-order valence-corrected chi connectivity index (χ2v) is 7.19. The summed E-state index contributed by atoms with van der Waals surface area (Å²) in [7, 11) is -3.79. The van der Waals surface area contributed by atoms with Gasteiger partial charge in [0.2, 0.25) is 10.0 Å². The summed E-state index contributed by atoms with van der Waals surface area (Å²) in [5.74, 6) is -0.931. The lowest BCUT2D eigenvalue weighted by Gasteiger charge is -2.09. The van der Waals surface area contributed by atoms with Crippen molar-refractivity contribution in [2.45, 2.75) is 5.75 Å². The van der Waals surface area contributed by atoms with E-state index in [1.807, 2.05) is 0 Å². The second-order valence-electron chi connectivity index (χ2n) is 4.16. The van der Waals surface area contributed by atoms with Crippen molar-refractivity contribution in [3.05, 3.63) is 51.1 Å². The van der Waals surface area contributed by atoms with Crippen LogP contribution in [-0.2, 0) is 15.8 Å². The molecule has 0 atom stereocenters. The van der Waals surface area contributed by atoms with Gasteiger partial charge in [0.25, 0.3) is 0 Å². The lowest BCUT2D eigenvalue weighted by Crippen LogP contribution is -2.16. The number of nitrogens with zero attached hydrogens (tertiary/aromatic N) is 1. The van der Waals surface area contributed by atoms with Crippen molar-refractivity contribution >= 4 is 50.6 Å². The summed E-state index contributed by atoms with van der Waals surface area (Å²) >= 11 is 17.3. The molecule has 0 spiro atoms. The number of aromatic hydroxyl groups is 1. The minimum Gasteiger partial charge on any atom is -0.504 e. The van der Waals surface area contributed by atoms with Gasteiger partial charge in [0.15, 0.2) is 11.6 Å². The Balaban J connectivity index is 2.22. The molecule has 9 heteroatoms. The summed E-state index contributed by atoms with van der Waals surface area (Å²) in [5.41, 5.74) is 0.411. The fraction of sp³-hybridized carbons (Fsp3) is 0.0833. The van der Waals surface area contributed by atoms with E-state index in [-0.39, 0.29) is 22.3 Å². The average molecular weight is 368 g/mol. The fourth-order valence-electron chi connectivity index (χ4n) is 1.60. The molecule has 0 saturated heterocycles. The van der Waals surface area contributed by atoms with E-state index in [1.165, 1.54) is 30.5 Å². The van der Waals surface area contributed by atoms with Gasteiger partial charge in [-0.05, 0) is 23.8 Å². The van der Waals surface area contributed by atoms with Crippen molar-refractivity contribution in [2.24, 2.45) is 0 Å². The quantitative estimate of drug-likeness (QED) is 0.864. The van der Waals surface area contributed by atoms with E-state index in [0.717, 1.165) is 0 Å². The van der Waals surface area contributed by atoms with Gasteiger partial charge in [-0.2, -0.15) is 0 Å². The molecular formula is C12H9Cl3N2O3S. The molecule has 0 aliphatic heterocycles. The van der Waals surface area contributed by atoms with Crippen LogP contribution in [-0.4, -0.2) is 18.5 Å². The maximum absolute atomic E-state index is 12.0. The van der Waals surface area contributed by atoms with E-state index < -0.39 is 10.0 Å². The number of halogens is 3. The number of nitrogens with one attached hydrogen (secondary N) is 1. The molecule has 2 rings (SSSR count). The smallest absolute Gasteiger partial charge is 0.238 e. The van der Waals surface area contributed by atoms with E-state index in [4.69, 9.17) is 34.8 Å². The van der Waals surface area contributed by atoms with Crippen LogP contribution in [0.5, 0.6) is 5.75 Å². The van der Waals surface area contributed by atoms with Crippen LogP contribution in [0.4, 0.5) is 5.82 Å². The first-order chi connectivity index (χ1) is 9.75. The van der Waals surface area contributed by atoms with Gasteiger partial charge >= 0.3 is 0 Å². The van der Waals surface area contributed by atoms with Gasteiger partial charge in [0.1, 0.15) is 0 Å². The molecule has 1 aromatic heterocycles. The molecule has 2 aromatic rings. The van der Waals surface area contributed by atoms with Crippen LogP contribution in [0.15, 0.2) is 30.5 Å². The number of sulfonamides is 1. The Kier molecular flexibility index (Phi) is 4.83. The number of anilines is 1. The largest absolute Gasteiger partial charge is 0.504 e. The number of hydrogen-bond donors (Lipinski definition) is 2. The Bertz CT molecular complexity index is 761. The van der Waals surface area contributed by atoms with Gasteiger partial charge in [-0.1, -0.05) is 34.8 Å².